The SMILES string of the molecule is CC1CCCN(C(=O)COC(=O)C2COc3ccccc3C2)C1. The molecule has 0 aliphatic carbocycles. The van der Waals surface area contributed by atoms with Gasteiger partial charge < -0.3 is 14.4 Å². The highest BCUT2D eigenvalue weighted by molar-refractivity contribution is 5.81. The van der Waals surface area contributed by atoms with E-state index < -0.39 is 0 Å². The highest BCUT2D eigenvalue weighted by Gasteiger charge is 2.28. The molecule has 2 unspecified atom stereocenters. The van der Waals surface area contributed by atoms with Gasteiger partial charge in [0.15, 0.2) is 6.61 Å². The molecule has 1 aromatic carbocycles. The smallest absolute Gasteiger partial charge is 0.313 e. The molecule has 0 spiro atoms. The van der Waals surface area contributed by atoms with Crippen LogP contribution in [0.2, 0.25) is 0 Å². The van der Waals surface area contributed by atoms with E-state index in [2.05, 4.69) is 6.92 Å². The number of carbonyl (C=O) groups is 2. The van der Waals surface area contributed by atoms with Gasteiger partial charge in [0, 0.05) is 13.1 Å². The van der Waals surface area contributed by atoms with Crippen LogP contribution in [-0.4, -0.2) is 43.1 Å². The number of likely N-dealkylation sites (tertiary alicyclic amines) is 1. The standard InChI is InChI=1S/C18H23NO4/c1-13-5-4-8-19(10-13)17(20)12-23-18(21)15-9-14-6-2-3-7-16(14)22-11-15/h2-3,6-7,13,15H,4-5,8-12H2,1H3. The zero-order valence-electron chi connectivity index (χ0n) is 13.5. The lowest BCUT2D eigenvalue weighted by Crippen LogP contribution is -2.42. The van der Waals surface area contributed by atoms with Crippen LogP contribution in [0.3, 0.4) is 0 Å². The van der Waals surface area contributed by atoms with Crippen LogP contribution < -0.4 is 4.74 Å². The summed E-state index contributed by atoms with van der Waals surface area (Å²) in [5.74, 6) is 0.569. The fraction of sp³-hybridized carbons (Fsp3) is 0.556. The number of carbonyl (C=O) groups excluding carboxylic acids is 2. The maximum atomic E-state index is 12.2. The molecule has 0 bridgehead atoms. The molecule has 2 atom stereocenters. The molecular formula is C18H23NO4. The number of ether oxygens (including phenoxy) is 2. The maximum absolute atomic E-state index is 12.2. The lowest BCUT2D eigenvalue weighted by molar-refractivity contribution is -0.157. The second-order valence-corrected chi connectivity index (χ2v) is 6.51. The Morgan fingerprint density at radius 3 is 3.00 bits per heavy atom. The van der Waals surface area contributed by atoms with Gasteiger partial charge in [0.05, 0.1) is 5.92 Å². The van der Waals surface area contributed by atoms with E-state index in [0.29, 0.717) is 18.9 Å². The van der Waals surface area contributed by atoms with Gasteiger partial charge >= 0.3 is 5.97 Å². The molecule has 5 nitrogen and oxygen atoms in total. The summed E-state index contributed by atoms with van der Waals surface area (Å²) in [6.07, 6.45) is 2.78. The van der Waals surface area contributed by atoms with E-state index in [1.54, 1.807) is 4.90 Å². The van der Waals surface area contributed by atoms with Crippen molar-refractivity contribution in [2.24, 2.45) is 11.8 Å². The largest absolute Gasteiger partial charge is 0.492 e. The van der Waals surface area contributed by atoms with E-state index in [1.807, 2.05) is 24.3 Å². The Morgan fingerprint density at radius 2 is 2.17 bits per heavy atom. The van der Waals surface area contributed by atoms with Crippen molar-refractivity contribution in [3.8, 4) is 5.75 Å². The molecule has 23 heavy (non-hydrogen) atoms. The van der Waals surface area contributed by atoms with Crippen molar-refractivity contribution in [1.82, 2.24) is 4.90 Å². The molecule has 1 aromatic rings. The molecule has 1 saturated heterocycles. The minimum absolute atomic E-state index is 0.0953. The first-order chi connectivity index (χ1) is 11.1. The van der Waals surface area contributed by atoms with Crippen LogP contribution in [-0.2, 0) is 20.7 Å². The van der Waals surface area contributed by atoms with Crippen LogP contribution in [0.25, 0.3) is 0 Å². The summed E-state index contributed by atoms with van der Waals surface area (Å²) in [5.41, 5.74) is 1.01. The number of fused-ring (bicyclic) bond motifs is 1. The number of esters is 1. The second-order valence-electron chi connectivity index (χ2n) is 6.51. The van der Waals surface area contributed by atoms with Crippen LogP contribution in [0.5, 0.6) is 5.75 Å². The Morgan fingerprint density at radius 1 is 1.35 bits per heavy atom. The number of amides is 1. The van der Waals surface area contributed by atoms with Crippen molar-refractivity contribution in [2.45, 2.75) is 26.2 Å². The fourth-order valence-corrected chi connectivity index (χ4v) is 3.24. The normalized spacial score (nSPS) is 23.6. The van der Waals surface area contributed by atoms with Crippen molar-refractivity contribution in [2.75, 3.05) is 26.3 Å². The number of piperidine rings is 1. The molecular weight excluding hydrogens is 294 g/mol. The molecule has 5 heteroatoms. The molecule has 2 aliphatic heterocycles. The van der Waals surface area contributed by atoms with Crippen LogP contribution in [0, 0.1) is 11.8 Å². The first-order valence-corrected chi connectivity index (χ1v) is 8.28. The molecule has 3 rings (SSSR count). The summed E-state index contributed by atoms with van der Waals surface area (Å²) in [6.45, 7) is 3.81. The number of nitrogens with zero attached hydrogens (tertiary/aromatic N) is 1. The Labute approximate surface area is 136 Å². The average Bonchev–Trinajstić information content (AvgIpc) is 2.59. The number of hydrogen-bond acceptors (Lipinski definition) is 4. The third kappa shape index (κ3) is 3.84. The lowest BCUT2D eigenvalue weighted by atomic mass is 9.97. The van der Waals surface area contributed by atoms with Crippen molar-refractivity contribution in [1.29, 1.82) is 0 Å². The summed E-state index contributed by atoms with van der Waals surface area (Å²) >= 11 is 0. The van der Waals surface area contributed by atoms with E-state index >= 15 is 0 Å². The summed E-state index contributed by atoms with van der Waals surface area (Å²) in [7, 11) is 0. The number of para-hydroxylation sites is 1. The van der Waals surface area contributed by atoms with Crippen LogP contribution in [0.1, 0.15) is 25.3 Å². The summed E-state index contributed by atoms with van der Waals surface area (Å²) in [6, 6.07) is 7.69. The lowest BCUT2D eigenvalue weighted by Gasteiger charge is -2.31. The summed E-state index contributed by atoms with van der Waals surface area (Å²) < 4.78 is 10.8. The Hall–Kier alpha value is -2.04. The molecule has 1 amide bonds. The minimum atomic E-state index is -0.349. The molecule has 0 saturated carbocycles. The van der Waals surface area contributed by atoms with Gasteiger partial charge in [-0.3, -0.25) is 9.59 Å². The molecule has 2 aliphatic rings. The molecule has 124 valence electrons. The number of rotatable bonds is 3. The van der Waals surface area contributed by atoms with Crippen molar-refractivity contribution >= 4 is 11.9 Å². The van der Waals surface area contributed by atoms with E-state index in [9.17, 15) is 9.59 Å². The maximum Gasteiger partial charge on any atom is 0.313 e. The van der Waals surface area contributed by atoms with Crippen molar-refractivity contribution in [3.63, 3.8) is 0 Å². The third-order valence-electron chi connectivity index (χ3n) is 4.56. The van der Waals surface area contributed by atoms with Gasteiger partial charge in [-0.1, -0.05) is 25.1 Å². The fourth-order valence-electron chi connectivity index (χ4n) is 3.24. The van der Waals surface area contributed by atoms with Crippen LogP contribution >= 0.6 is 0 Å². The third-order valence-corrected chi connectivity index (χ3v) is 4.56. The van der Waals surface area contributed by atoms with Crippen molar-refractivity contribution in [3.05, 3.63) is 29.8 Å². The Bertz CT molecular complexity index is 586. The van der Waals surface area contributed by atoms with E-state index in [4.69, 9.17) is 9.47 Å². The molecule has 0 radical (unpaired) electrons. The Balaban J connectivity index is 1.49. The van der Waals surface area contributed by atoms with Crippen LogP contribution in [0.15, 0.2) is 24.3 Å². The van der Waals surface area contributed by atoms with Crippen molar-refractivity contribution < 1.29 is 19.1 Å². The number of hydrogen-bond donors (Lipinski definition) is 0. The van der Waals surface area contributed by atoms with E-state index in [1.165, 1.54) is 0 Å². The molecule has 0 aromatic heterocycles. The van der Waals surface area contributed by atoms with E-state index in [0.717, 1.165) is 37.2 Å². The summed E-state index contributed by atoms with van der Waals surface area (Å²) in [5, 5.41) is 0. The minimum Gasteiger partial charge on any atom is -0.492 e. The van der Waals surface area contributed by atoms with Gasteiger partial charge in [-0.05, 0) is 36.8 Å². The number of benzene rings is 1. The molecule has 1 fully saturated rings. The highest BCUT2D eigenvalue weighted by Crippen LogP contribution is 2.27. The van der Waals surface area contributed by atoms with Gasteiger partial charge in [-0.25, -0.2) is 0 Å². The first kappa shape index (κ1) is 15.8. The molecule has 0 N–H and O–H groups in total. The molecule has 2 heterocycles. The van der Waals surface area contributed by atoms with Crippen LogP contribution in [0.4, 0.5) is 0 Å². The van der Waals surface area contributed by atoms with E-state index in [-0.39, 0.29) is 24.4 Å². The quantitative estimate of drug-likeness (QED) is 0.801. The zero-order chi connectivity index (χ0) is 16.2. The summed E-state index contributed by atoms with van der Waals surface area (Å²) in [4.78, 5) is 26.1. The van der Waals surface area contributed by atoms with Gasteiger partial charge in [0.2, 0.25) is 0 Å². The average molecular weight is 317 g/mol. The highest BCUT2D eigenvalue weighted by atomic mass is 16.5. The Kier molecular flexibility index (Phi) is 4.84. The van der Waals surface area contributed by atoms with Gasteiger partial charge in [-0.15, -0.1) is 0 Å². The van der Waals surface area contributed by atoms with Gasteiger partial charge in [0.1, 0.15) is 12.4 Å². The first-order valence-electron chi connectivity index (χ1n) is 8.28. The predicted molar refractivity (Wildman–Crippen MR) is 85.1 cm³/mol. The topological polar surface area (TPSA) is 55.8 Å². The predicted octanol–water partition coefficient (Wildman–Crippen LogP) is 2.04. The monoisotopic (exact) mass is 317 g/mol. The second kappa shape index (κ2) is 7.02. The van der Waals surface area contributed by atoms with Gasteiger partial charge in [-0.2, -0.15) is 0 Å². The zero-order valence-corrected chi connectivity index (χ0v) is 13.5. The van der Waals surface area contributed by atoms with Gasteiger partial charge in [0.25, 0.3) is 5.91 Å².